The third kappa shape index (κ3) is 8.31. The first-order valence-corrected chi connectivity index (χ1v) is 11.2. The smallest absolute Gasteiger partial charge is 0.187 e. The van der Waals surface area contributed by atoms with Crippen molar-refractivity contribution in [2.24, 2.45) is 0 Å². The van der Waals surface area contributed by atoms with Crippen LogP contribution in [0.2, 0.25) is 19.1 Å². The standard InChI is InChI=1S/C16H36OSi/c1-7-10-13-16(4,14-11-8-2)17-18(5,6)15-12-9-3/h7-15H2,1-6H3. The van der Waals surface area contributed by atoms with Gasteiger partial charge in [-0.3, -0.25) is 0 Å². The summed E-state index contributed by atoms with van der Waals surface area (Å²) in [5, 5.41) is 0. The highest BCUT2D eigenvalue weighted by Gasteiger charge is 2.33. The van der Waals surface area contributed by atoms with Crippen LogP contribution in [0.1, 0.15) is 79.1 Å². The molecule has 110 valence electrons. The Hall–Kier alpha value is 0.177. The number of unbranched alkanes of at least 4 members (excludes halogenated alkanes) is 3. The minimum absolute atomic E-state index is 0.148. The molecule has 0 aromatic carbocycles. The highest BCUT2D eigenvalue weighted by atomic mass is 28.4. The van der Waals surface area contributed by atoms with Crippen molar-refractivity contribution in [1.29, 1.82) is 0 Å². The summed E-state index contributed by atoms with van der Waals surface area (Å²) in [6.45, 7) is 14.0. The summed E-state index contributed by atoms with van der Waals surface area (Å²) in [5.74, 6) is 0. The van der Waals surface area contributed by atoms with Crippen LogP contribution < -0.4 is 0 Å². The van der Waals surface area contributed by atoms with Crippen LogP contribution in [-0.4, -0.2) is 13.9 Å². The van der Waals surface area contributed by atoms with E-state index in [1.165, 1.54) is 57.4 Å². The summed E-state index contributed by atoms with van der Waals surface area (Å²) in [7, 11) is -1.46. The predicted molar refractivity (Wildman–Crippen MR) is 85.7 cm³/mol. The van der Waals surface area contributed by atoms with Crippen molar-refractivity contribution in [2.75, 3.05) is 0 Å². The maximum Gasteiger partial charge on any atom is 0.187 e. The molecule has 0 radical (unpaired) electrons. The Kier molecular flexibility index (Phi) is 9.23. The van der Waals surface area contributed by atoms with E-state index in [4.69, 9.17) is 4.43 Å². The maximum absolute atomic E-state index is 6.67. The monoisotopic (exact) mass is 272 g/mol. The molecule has 0 saturated heterocycles. The van der Waals surface area contributed by atoms with Crippen molar-refractivity contribution in [1.82, 2.24) is 0 Å². The quantitative estimate of drug-likeness (QED) is 0.410. The second-order valence-electron chi connectivity index (χ2n) is 6.62. The SMILES string of the molecule is CCCCC(C)(CCCC)O[Si](C)(C)CCCC. The molecule has 0 spiro atoms. The fraction of sp³-hybridized carbons (Fsp3) is 1.00. The van der Waals surface area contributed by atoms with Gasteiger partial charge in [0, 0.05) is 0 Å². The number of rotatable bonds is 11. The molecule has 0 aliphatic carbocycles. The first-order valence-electron chi connectivity index (χ1n) is 8.09. The summed E-state index contributed by atoms with van der Waals surface area (Å²) in [6, 6.07) is 1.32. The van der Waals surface area contributed by atoms with Crippen molar-refractivity contribution in [2.45, 2.75) is 104 Å². The van der Waals surface area contributed by atoms with Crippen LogP contribution in [0.5, 0.6) is 0 Å². The zero-order valence-electron chi connectivity index (χ0n) is 13.8. The molecule has 0 aromatic rings. The van der Waals surface area contributed by atoms with Crippen molar-refractivity contribution in [3.05, 3.63) is 0 Å². The van der Waals surface area contributed by atoms with Crippen molar-refractivity contribution < 1.29 is 4.43 Å². The zero-order valence-corrected chi connectivity index (χ0v) is 14.8. The van der Waals surface area contributed by atoms with Gasteiger partial charge < -0.3 is 4.43 Å². The lowest BCUT2D eigenvalue weighted by molar-refractivity contribution is 0.0550. The van der Waals surface area contributed by atoms with Gasteiger partial charge in [-0.2, -0.15) is 0 Å². The molecule has 0 amide bonds. The van der Waals surface area contributed by atoms with E-state index in [0.717, 1.165) is 0 Å². The fourth-order valence-electron chi connectivity index (χ4n) is 2.65. The van der Waals surface area contributed by atoms with E-state index < -0.39 is 8.32 Å². The third-order valence-electron chi connectivity index (χ3n) is 3.77. The molecule has 0 aromatic heterocycles. The summed E-state index contributed by atoms with van der Waals surface area (Å²) in [6.07, 6.45) is 10.3. The van der Waals surface area contributed by atoms with E-state index in [-0.39, 0.29) is 5.60 Å². The van der Waals surface area contributed by atoms with Gasteiger partial charge in [0.1, 0.15) is 0 Å². The van der Waals surface area contributed by atoms with Crippen molar-refractivity contribution in [3.8, 4) is 0 Å². The Bertz CT molecular complexity index is 193. The van der Waals surface area contributed by atoms with Gasteiger partial charge in [-0.1, -0.05) is 59.3 Å². The molecule has 0 heterocycles. The fourth-order valence-corrected chi connectivity index (χ4v) is 5.49. The van der Waals surface area contributed by atoms with Gasteiger partial charge in [-0.05, 0) is 38.9 Å². The highest BCUT2D eigenvalue weighted by molar-refractivity contribution is 6.71. The van der Waals surface area contributed by atoms with Gasteiger partial charge in [-0.15, -0.1) is 0 Å². The molecule has 0 saturated carbocycles. The number of hydrogen-bond donors (Lipinski definition) is 0. The minimum atomic E-state index is -1.46. The second-order valence-corrected chi connectivity index (χ2v) is 10.8. The van der Waals surface area contributed by atoms with Gasteiger partial charge in [0.15, 0.2) is 8.32 Å². The lowest BCUT2D eigenvalue weighted by Gasteiger charge is -2.38. The first-order chi connectivity index (χ1) is 8.39. The van der Waals surface area contributed by atoms with Crippen LogP contribution >= 0.6 is 0 Å². The van der Waals surface area contributed by atoms with E-state index in [0.29, 0.717) is 0 Å². The maximum atomic E-state index is 6.67. The lowest BCUT2D eigenvalue weighted by atomic mass is 9.93. The van der Waals surface area contributed by atoms with Crippen LogP contribution in [0.3, 0.4) is 0 Å². The van der Waals surface area contributed by atoms with Gasteiger partial charge >= 0.3 is 0 Å². The summed E-state index contributed by atoms with van der Waals surface area (Å²) < 4.78 is 6.67. The molecular formula is C16H36OSi. The Morgan fingerprint density at radius 1 is 0.833 bits per heavy atom. The largest absolute Gasteiger partial charge is 0.412 e. The highest BCUT2D eigenvalue weighted by Crippen LogP contribution is 2.31. The molecule has 0 bridgehead atoms. The molecule has 0 unspecified atom stereocenters. The van der Waals surface area contributed by atoms with E-state index in [2.05, 4.69) is 40.8 Å². The molecule has 0 fully saturated rings. The van der Waals surface area contributed by atoms with Crippen LogP contribution in [0, 0.1) is 0 Å². The first kappa shape index (κ1) is 18.2. The molecule has 0 rings (SSSR count). The molecule has 2 heteroatoms. The van der Waals surface area contributed by atoms with Crippen LogP contribution in [0.15, 0.2) is 0 Å². The average Bonchev–Trinajstić information content (AvgIpc) is 2.31. The Balaban J connectivity index is 4.44. The van der Waals surface area contributed by atoms with Crippen LogP contribution in [-0.2, 0) is 4.43 Å². The summed E-state index contributed by atoms with van der Waals surface area (Å²) in [5.41, 5.74) is 0.148. The second kappa shape index (κ2) is 9.14. The van der Waals surface area contributed by atoms with E-state index in [1.54, 1.807) is 0 Å². The minimum Gasteiger partial charge on any atom is -0.412 e. The lowest BCUT2D eigenvalue weighted by Crippen LogP contribution is -2.42. The van der Waals surface area contributed by atoms with Gasteiger partial charge in [0.05, 0.1) is 5.60 Å². The molecule has 1 nitrogen and oxygen atoms in total. The van der Waals surface area contributed by atoms with Gasteiger partial charge in [0.25, 0.3) is 0 Å². The van der Waals surface area contributed by atoms with Gasteiger partial charge in [-0.25, -0.2) is 0 Å². The summed E-state index contributed by atoms with van der Waals surface area (Å²) >= 11 is 0. The molecule has 0 aliphatic rings. The molecule has 0 N–H and O–H groups in total. The molecule has 18 heavy (non-hydrogen) atoms. The average molecular weight is 273 g/mol. The topological polar surface area (TPSA) is 9.23 Å². The normalized spacial score (nSPS) is 13.0. The van der Waals surface area contributed by atoms with E-state index in [9.17, 15) is 0 Å². The molecule has 0 atom stereocenters. The molecule has 0 aliphatic heterocycles. The summed E-state index contributed by atoms with van der Waals surface area (Å²) in [4.78, 5) is 0. The Morgan fingerprint density at radius 3 is 1.67 bits per heavy atom. The number of hydrogen-bond acceptors (Lipinski definition) is 1. The van der Waals surface area contributed by atoms with Crippen LogP contribution in [0.25, 0.3) is 0 Å². The van der Waals surface area contributed by atoms with E-state index in [1.807, 2.05) is 0 Å². The van der Waals surface area contributed by atoms with Crippen molar-refractivity contribution in [3.63, 3.8) is 0 Å². The van der Waals surface area contributed by atoms with Crippen molar-refractivity contribution >= 4 is 8.32 Å². The predicted octanol–water partition coefficient (Wildman–Crippen LogP) is 6.15. The van der Waals surface area contributed by atoms with Gasteiger partial charge in [0.2, 0.25) is 0 Å². The van der Waals surface area contributed by atoms with Crippen LogP contribution in [0.4, 0.5) is 0 Å². The zero-order chi connectivity index (χ0) is 14.1. The Morgan fingerprint density at radius 2 is 1.28 bits per heavy atom. The molecular weight excluding hydrogens is 236 g/mol. The third-order valence-corrected chi connectivity index (χ3v) is 6.38. The van der Waals surface area contributed by atoms with E-state index >= 15 is 0 Å². The Labute approximate surface area is 117 Å².